The predicted molar refractivity (Wildman–Crippen MR) is 59.2 cm³/mol. The molecule has 1 atom stereocenters. The zero-order valence-corrected chi connectivity index (χ0v) is 9.55. The Bertz CT molecular complexity index is 463. The van der Waals surface area contributed by atoms with Crippen LogP contribution in [0.1, 0.15) is 24.4 Å². The number of aromatic nitrogens is 5. The first-order chi connectivity index (χ1) is 7.74. The highest BCUT2D eigenvalue weighted by atomic mass is 15.4. The van der Waals surface area contributed by atoms with E-state index in [4.69, 9.17) is 0 Å². The minimum absolute atomic E-state index is 0.179. The van der Waals surface area contributed by atoms with Gasteiger partial charge in [0.2, 0.25) is 0 Å². The Labute approximate surface area is 93.7 Å². The summed E-state index contributed by atoms with van der Waals surface area (Å²) in [5, 5.41) is 11.4. The van der Waals surface area contributed by atoms with E-state index in [1.807, 2.05) is 20.9 Å². The summed E-state index contributed by atoms with van der Waals surface area (Å²) < 4.78 is 1.74. The molecule has 0 aliphatic carbocycles. The van der Waals surface area contributed by atoms with E-state index >= 15 is 0 Å². The lowest BCUT2D eigenvalue weighted by Crippen LogP contribution is -2.14. The Hall–Kier alpha value is -1.82. The fourth-order valence-electron chi connectivity index (χ4n) is 1.52. The first-order valence-electron chi connectivity index (χ1n) is 5.09. The molecule has 84 valence electrons. The molecule has 6 heteroatoms. The highest BCUT2D eigenvalue weighted by Crippen LogP contribution is 2.15. The van der Waals surface area contributed by atoms with Crippen molar-refractivity contribution in [3.8, 4) is 5.69 Å². The molecule has 1 N–H and O–H groups in total. The van der Waals surface area contributed by atoms with Gasteiger partial charge >= 0.3 is 0 Å². The summed E-state index contributed by atoms with van der Waals surface area (Å²) in [6.45, 7) is 4.03. The summed E-state index contributed by atoms with van der Waals surface area (Å²) in [4.78, 5) is 7.92. The van der Waals surface area contributed by atoms with Crippen LogP contribution in [0.3, 0.4) is 0 Å². The van der Waals surface area contributed by atoms with Crippen molar-refractivity contribution in [2.24, 2.45) is 0 Å². The minimum Gasteiger partial charge on any atom is -0.312 e. The number of hydrogen-bond donors (Lipinski definition) is 1. The van der Waals surface area contributed by atoms with Gasteiger partial charge in [-0.05, 0) is 20.9 Å². The van der Waals surface area contributed by atoms with Crippen molar-refractivity contribution < 1.29 is 0 Å². The summed E-state index contributed by atoms with van der Waals surface area (Å²) in [5.74, 6) is 0. The summed E-state index contributed by atoms with van der Waals surface area (Å²) >= 11 is 0. The molecule has 0 spiro atoms. The van der Waals surface area contributed by atoms with Crippen molar-refractivity contribution in [3.05, 3.63) is 30.1 Å². The molecule has 0 fully saturated rings. The molecule has 2 heterocycles. The van der Waals surface area contributed by atoms with Gasteiger partial charge in [0, 0.05) is 0 Å². The van der Waals surface area contributed by atoms with Crippen molar-refractivity contribution in [1.82, 2.24) is 30.3 Å². The van der Waals surface area contributed by atoms with Gasteiger partial charge in [-0.1, -0.05) is 5.21 Å². The van der Waals surface area contributed by atoms with Crippen LogP contribution in [0.15, 0.2) is 18.7 Å². The highest BCUT2D eigenvalue weighted by molar-refractivity contribution is 5.28. The van der Waals surface area contributed by atoms with Gasteiger partial charge in [-0.25, -0.2) is 14.6 Å². The zero-order valence-electron chi connectivity index (χ0n) is 9.55. The molecule has 16 heavy (non-hydrogen) atoms. The molecule has 2 aromatic rings. The van der Waals surface area contributed by atoms with Crippen LogP contribution in [0.5, 0.6) is 0 Å². The van der Waals surface area contributed by atoms with Crippen molar-refractivity contribution >= 4 is 0 Å². The van der Waals surface area contributed by atoms with Crippen molar-refractivity contribution in [2.75, 3.05) is 7.05 Å². The van der Waals surface area contributed by atoms with E-state index in [1.54, 1.807) is 17.1 Å². The summed E-state index contributed by atoms with van der Waals surface area (Å²) in [6.07, 6.45) is 4.91. The number of nitrogens with zero attached hydrogens (tertiary/aromatic N) is 5. The average Bonchev–Trinajstić information content (AvgIpc) is 2.71. The van der Waals surface area contributed by atoms with Crippen LogP contribution in [-0.4, -0.2) is 32.0 Å². The fraction of sp³-hybridized carbons (Fsp3) is 0.400. The summed E-state index contributed by atoms with van der Waals surface area (Å²) in [5.41, 5.74) is 2.75. The second kappa shape index (κ2) is 4.36. The van der Waals surface area contributed by atoms with Crippen molar-refractivity contribution in [1.29, 1.82) is 0 Å². The Morgan fingerprint density at radius 3 is 2.62 bits per heavy atom. The number of nitrogens with one attached hydrogen (secondary N) is 1. The van der Waals surface area contributed by atoms with Crippen molar-refractivity contribution in [2.45, 2.75) is 19.9 Å². The Morgan fingerprint density at radius 2 is 2.00 bits per heavy atom. The van der Waals surface area contributed by atoms with Gasteiger partial charge in [0.05, 0.1) is 24.1 Å². The SMILES string of the molecule is CNC(C)c1nnn(-c2cncnc2)c1C. The monoisotopic (exact) mass is 218 g/mol. The van der Waals surface area contributed by atoms with Gasteiger partial charge in [-0.15, -0.1) is 5.10 Å². The number of hydrogen-bond acceptors (Lipinski definition) is 5. The van der Waals surface area contributed by atoms with Crippen molar-refractivity contribution in [3.63, 3.8) is 0 Å². The normalized spacial score (nSPS) is 12.7. The Morgan fingerprint density at radius 1 is 1.31 bits per heavy atom. The third-order valence-corrected chi connectivity index (χ3v) is 2.56. The molecule has 0 saturated carbocycles. The second-order valence-electron chi connectivity index (χ2n) is 3.58. The molecule has 1 unspecified atom stereocenters. The second-order valence-corrected chi connectivity index (χ2v) is 3.58. The molecule has 2 rings (SSSR count). The zero-order chi connectivity index (χ0) is 11.5. The molecule has 0 aliphatic heterocycles. The molecule has 0 radical (unpaired) electrons. The molecule has 6 nitrogen and oxygen atoms in total. The molecule has 0 aliphatic rings. The lowest BCUT2D eigenvalue weighted by molar-refractivity contribution is 0.627. The first kappa shape index (κ1) is 10.7. The third-order valence-electron chi connectivity index (χ3n) is 2.56. The Balaban J connectivity index is 2.41. The van der Waals surface area contributed by atoms with E-state index in [2.05, 4.69) is 25.6 Å². The van der Waals surface area contributed by atoms with E-state index in [-0.39, 0.29) is 6.04 Å². The Kier molecular flexibility index (Phi) is 2.91. The number of rotatable bonds is 3. The van der Waals surface area contributed by atoms with Gasteiger partial charge in [0.15, 0.2) is 0 Å². The van der Waals surface area contributed by atoms with E-state index in [9.17, 15) is 0 Å². The van der Waals surface area contributed by atoms with Gasteiger partial charge in [0.25, 0.3) is 0 Å². The predicted octanol–water partition coefficient (Wildman–Crippen LogP) is 0.646. The highest BCUT2D eigenvalue weighted by Gasteiger charge is 2.14. The molecule has 0 bridgehead atoms. The van der Waals surface area contributed by atoms with Crippen LogP contribution in [-0.2, 0) is 0 Å². The molecule has 0 saturated heterocycles. The van der Waals surface area contributed by atoms with E-state index in [0.29, 0.717) is 0 Å². The fourth-order valence-corrected chi connectivity index (χ4v) is 1.52. The molecular weight excluding hydrogens is 204 g/mol. The quantitative estimate of drug-likeness (QED) is 0.819. The molecule has 0 amide bonds. The van der Waals surface area contributed by atoms with Crippen LogP contribution in [0.25, 0.3) is 5.69 Å². The maximum atomic E-state index is 4.16. The minimum atomic E-state index is 0.179. The van der Waals surface area contributed by atoms with E-state index < -0.39 is 0 Å². The largest absolute Gasteiger partial charge is 0.312 e. The average molecular weight is 218 g/mol. The maximum absolute atomic E-state index is 4.16. The van der Waals surface area contributed by atoms with Crippen LogP contribution < -0.4 is 5.32 Å². The van der Waals surface area contributed by atoms with Gasteiger partial charge in [0.1, 0.15) is 17.7 Å². The lowest BCUT2D eigenvalue weighted by Gasteiger charge is -2.07. The standard InChI is InChI=1S/C10H14N6/c1-7(11-3)10-8(2)16(15-14-10)9-4-12-6-13-5-9/h4-7,11H,1-3H3. The topological polar surface area (TPSA) is 68.5 Å². The van der Waals surface area contributed by atoms with Crippen LogP contribution in [0.4, 0.5) is 0 Å². The van der Waals surface area contributed by atoms with Gasteiger partial charge in [-0.3, -0.25) is 0 Å². The van der Waals surface area contributed by atoms with Crippen LogP contribution in [0, 0.1) is 6.92 Å². The lowest BCUT2D eigenvalue weighted by atomic mass is 10.2. The molecule has 2 aromatic heterocycles. The smallest absolute Gasteiger partial charge is 0.115 e. The summed E-state index contributed by atoms with van der Waals surface area (Å²) in [6, 6.07) is 0.179. The molecular formula is C10H14N6. The van der Waals surface area contributed by atoms with Crippen LogP contribution >= 0.6 is 0 Å². The van der Waals surface area contributed by atoms with E-state index in [0.717, 1.165) is 17.1 Å². The first-order valence-corrected chi connectivity index (χ1v) is 5.09. The van der Waals surface area contributed by atoms with E-state index in [1.165, 1.54) is 6.33 Å². The third kappa shape index (κ3) is 1.79. The summed E-state index contributed by atoms with van der Waals surface area (Å²) in [7, 11) is 1.90. The van der Waals surface area contributed by atoms with Gasteiger partial charge < -0.3 is 5.32 Å². The molecule has 0 aromatic carbocycles. The van der Waals surface area contributed by atoms with Crippen LogP contribution in [0.2, 0.25) is 0 Å². The van der Waals surface area contributed by atoms with Gasteiger partial charge in [-0.2, -0.15) is 0 Å². The maximum Gasteiger partial charge on any atom is 0.115 e.